The molecule has 0 amide bonds. The Hall–Kier alpha value is -1.60. The van der Waals surface area contributed by atoms with Gasteiger partial charge in [-0.2, -0.15) is 4.39 Å². The fraction of sp³-hybridized carbons (Fsp3) is 0.500. The highest BCUT2D eigenvalue weighted by atomic mass is 19.1. The van der Waals surface area contributed by atoms with Crippen molar-refractivity contribution in [2.75, 3.05) is 0 Å². The third-order valence-electron chi connectivity index (χ3n) is 3.09. The summed E-state index contributed by atoms with van der Waals surface area (Å²) in [5.41, 5.74) is -1.50. The molecule has 1 aromatic rings. The van der Waals surface area contributed by atoms with E-state index in [1.54, 1.807) is 20.8 Å². The smallest absolute Gasteiger partial charge is 0.305 e. The standard InChI is InChI=1S/C12H16F2N2O3/c1-7(17)12(2,3)15-6-8-4-11(16(18)19)10(14)5-9(8)13/h4-5,7,15,17H,6H2,1-3H3. The molecule has 1 aromatic carbocycles. The van der Waals surface area contributed by atoms with Crippen LogP contribution in [-0.2, 0) is 6.54 Å². The molecular formula is C12H16F2N2O3. The summed E-state index contributed by atoms with van der Waals surface area (Å²) in [6.45, 7) is 4.92. The Labute approximate surface area is 109 Å². The van der Waals surface area contributed by atoms with E-state index in [4.69, 9.17) is 0 Å². The Morgan fingerprint density at radius 1 is 1.42 bits per heavy atom. The number of nitro benzene ring substituents is 1. The summed E-state index contributed by atoms with van der Waals surface area (Å²) in [6.07, 6.45) is -0.703. The van der Waals surface area contributed by atoms with E-state index in [0.29, 0.717) is 6.07 Å². The average molecular weight is 274 g/mol. The molecule has 0 radical (unpaired) electrons. The molecule has 0 heterocycles. The third kappa shape index (κ3) is 3.68. The maximum absolute atomic E-state index is 13.5. The van der Waals surface area contributed by atoms with Gasteiger partial charge < -0.3 is 10.4 Å². The Bertz CT molecular complexity index is 490. The molecule has 7 heteroatoms. The van der Waals surface area contributed by atoms with Crippen LogP contribution in [0.2, 0.25) is 0 Å². The molecule has 1 unspecified atom stereocenters. The summed E-state index contributed by atoms with van der Waals surface area (Å²) in [5.74, 6) is -2.07. The average Bonchev–Trinajstić information content (AvgIpc) is 2.27. The lowest BCUT2D eigenvalue weighted by atomic mass is 9.98. The van der Waals surface area contributed by atoms with E-state index in [0.717, 1.165) is 6.07 Å². The highest BCUT2D eigenvalue weighted by Crippen LogP contribution is 2.22. The van der Waals surface area contributed by atoms with Crippen LogP contribution in [0.3, 0.4) is 0 Å². The van der Waals surface area contributed by atoms with E-state index in [1.165, 1.54) is 0 Å². The zero-order valence-corrected chi connectivity index (χ0v) is 10.9. The van der Waals surface area contributed by atoms with Gasteiger partial charge in [-0.3, -0.25) is 10.1 Å². The molecule has 106 valence electrons. The van der Waals surface area contributed by atoms with Crippen LogP contribution in [0.25, 0.3) is 0 Å². The van der Waals surface area contributed by atoms with Crippen LogP contribution in [-0.4, -0.2) is 21.7 Å². The summed E-state index contributed by atoms with van der Waals surface area (Å²) in [5, 5.41) is 22.9. The van der Waals surface area contributed by atoms with Crippen molar-refractivity contribution in [3.63, 3.8) is 0 Å². The van der Waals surface area contributed by atoms with Crippen LogP contribution in [0.4, 0.5) is 14.5 Å². The van der Waals surface area contributed by atoms with Crippen molar-refractivity contribution < 1.29 is 18.8 Å². The normalized spacial score (nSPS) is 13.4. The number of aliphatic hydroxyl groups excluding tert-OH is 1. The van der Waals surface area contributed by atoms with Gasteiger partial charge in [-0.1, -0.05) is 0 Å². The fourth-order valence-electron chi connectivity index (χ4n) is 1.33. The van der Waals surface area contributed by atoms with Crippen LogP contribution in [0, 0.1) is 21.7 Å². The molecule has 0 aliphatic carbocycles. The number of aliphatic hydroxyl groups is 1. The van der Waals surface area contributed by atoms with Crippen molar-refractivity contribution in [2.45, 2.75) is 39.0 Å². The van der Waals surface area contributed by atoms with Crippen molar-refractivity contribution >= 4 is 5.69 Å². The van der Waals surface area contributed by atoms with E-state index < -0.39 is 33.9 Å². The molecule has 0 aromatic heterocycles. The van der Waals surface area contributed by atoms with Gasteiger partial charge in [0.1, 0.15) is 5.82 Å². The van der Waals surface area contributed by atoms with Gasteiger partial charge in [-0.15, -0.1) is 0 Å². The monoisotopic (exact) mass is 274 g/mol. The predicted molar refractivity (Wildman–Crippen MR) is 65.6 cm³/mol. The summed E-state index contributed by atoms with van der Waals surface area (Å²) >= 11 is 0. The van der Waals surface area contributed by atoms with Crippen molar-refractivity contribution in [1.29, 1.82) is 0 Å². The quantitative estimate of drug-likeness (QED) is 0.637. The second-order valence-corrected chi connectivity index (χ2v) is 4.90. The van der Waals surface area contributed by atoms with Crippen LogP contribution >= 0.6 is 0 Å². The highest BCUT2D eigenvalue weighted by molar-refractivity contribution is 5.37. The topological polar surface area (TPSA) is 75.4 Å². The first-order chi connectivity index (χ1) is 8.65. The second kappa shape index (κ2) is 5.58. The van der Waals surface area contributed by atoms with Gasteiger partial charge in [-0.05, 0) is 20.8 Å². The van der Waals surface area contributed by atoms with E-state index >= 15 is 0 Å². The lowest BCUT2D eigenvalue weighted by molar-refractivity contribution is -0.387. The number of halogens is 2. The first-order valence-electron chi connectivity index (χ1n) is 5.70. The molecule has 0 aliphatic rings. The number of hydrogen-bond donors (Lipinski definition) is 2. The maximum atomic E-state index is 13.5. The summed E-state index contributed by atoms with van der Waals surface area (Å²) in [4.78, 5) is 9.67. The number of nitrogens with one attached hydrogen (secondary N) is 1. The molecule has 0 saturated carbocycles. The number of nitro groups is 1. The van der Waals surface area contributed by atoms with Gasteiger partial charge in [0.05, 0.1) is 11.0 Å². The molecule has 0 bridgehead atoms. The summed E-state index contributed by atoms with van der Waals surface area (Å²) in [7, 11) is 0. The van der Waals surface area contributed by atoms with Gasteiger partial charge in [0.2, 0.25) is 5.82 Å². The molecule has 1 rings (SSSR count). The zero-order chi connectivity index (χ0) is 14.8. The Kier molecular flexibility index (Phi) is 4.54. The Balaban J connectivity index is 2.96. The highest BCUT2D eigenvalue weighted by Gasteiger charge is 2.25. The van der Waals surface area contributed by atoms with Crippen LogP contribution in [0.5, 0.6) is 0 Å². The molecule has 0 fully saturated rings. The van der Waals surface area contributed by atoms with E-state index in [-0.39, 0.29) is 12.1 Å². The maximum Gasteiger partial charge on any atom is 0.305 e. The molecule has 0 aliphatic heterocycles. The van der Waals surface area contributed by atoms with Gasteiger partial charge >= 0.3 is 5.69 Å². The number of benzene rings is 1. The van der Waals surface area contributed by atoms with E-state index in [2.05, 4.69) is 5.32 Å². The van der Waals surface area contributed by atoms with Crippen LogP contribution < -0.4 is 5.32 Å². The first-order valence-corrected chi connectivity index (χ1v) is 5.70. The number of rotatable bonds is 5. The third-order valence-corrected chi connectivity index (χ3v) is 3.09. The van der Waals surface area contributed by atoms with Gasteiger partial charge in [0, 0.05) is 29.8 Å². The lowest BCUT2D eigenvalue weighted by Gasteiger charge is -2.29. The summed E-state index contributed by atoms with van der Waals surface area (Å²) in [6, 6.07) is 1.35. The van der Waals surface area contributed by atoms with Crippen LogP contribution in [0.1, 0.15) is 26.3 Å². The molecule has 2 N–H and O–H groups in total. The van der Waals surface area contributed by atoms with E-state index in [9.17, 15) is 24.0 Å². The zero-order valence-electron chi connectivity index (χ0n) is 10.9. The summed E-state index contributed by atoms with van der Waals surface area (Å²) < 4.78 is 26.6. The number of hydrogen-bond acceptors (Lipinski definition) is 4. The first kappa shape index (κ1) is 15.5. The van der Waals surface area contributed by atoms with Crippen molar-refractivity contribution in [1.82, 2.24) is 5.32 Å². The molecule has 0 spiro atoms. The molecule has 5 nitrogen and oxygen atoms in total. The second-order valence-electron chi connectivity index (χ2n) is 4.90. The van der Waals surface area contributed by atoms with Crippen molar-refractivity contribution in [3.05, 3.63) is 39.4 Å². The van der Waals surface area contributed by atoms with Crippen molar-refractivity contribution in [3.8, 4) is 0 Å². The predicted octanol–water partition coefficient (Wildman–Crippen LogP) is 2.12. The molecule has 0 saturated heterocycles. The molecule has 1 atom stereocenters. The van der Waals surface area contributed by atoms with Gasteiger partial charge in [0.15, 0.2) is 0 Å². The van der Waals surface area contributed by atoms with Crippen LogP contribution in [0.15, 0.2) is 12.1 Å². The minimum atomic E-state index is -1.21. The van der Waals surface area contributed by atoms with Gasteiger partial charge in [0.25, 0.3) is 0 Å². The lowest BCUT2D eigenvalue weighted by Crippen LogP contribution is -2.47. The molecular weight excluding hydrogens is 258 g/mol. The SMILES string of the molecule is CC(O)C(C)(C)NCc1cc([N+](=O)[O-])c(F)cc1F. The fourth-order valence-corrected chi connectivity index (χ4v) is 1.33. The molecule has 19 heavy (non-hydrogen) atoms. The number of nitrogens with zero attached hydrogens (tertiary/aromatic N) is 1. The Morgan fingerprint density at radius 2 is 2.00 bits per heavy atom. The van der Waals surface area contributed by atoms with E-state index in [1.807, 2.05) is 0 Å². The minimum Gasteiger partial charge on any atom is -0.392 e. The van der Waals surface area contributed by atoms with Crippen molar-refractivity contribution in [2.24, 2.45) is 0 Å². The largest absolute Gasteiger partial charge is 0.392 e. The van der Waals surface area contributed by atoms with Gasteiger partial charge in [-0.25, -0.2) is 4.39 Å². The Morgan fingerprint density at radius 3 is 2.47 bits per heavy atom. The minimum absolute atomic E-state index is 0.0261.